The number of nitrogens with one attached hydrogen (secondary N) is 1. The van der Waals surface area contributed by atoms with E-state index in [1.54, 1.807) is 17.8 Å². The number of benzene rings is 1. The number of aliphatic imine (C=N–C) groups is 1. The fourth-order valence-electron chi connectivity index (χ4n) is 2.88. The van der Waals surface area contributed by atoms with Gasteiger partial charge in [-0.1, -0.05) is 31.0 Å². The number of hydrogen-bond acceptors (Lipinski definition) is 4. The molecule has 0 amide bonds. The molecule has 0 bridgehead atoms. The van der Waals surface area contributed by atoms with Crippen LogP contribution in [0, 0.1) is 5.82 Å². The van der Waals surface area contributed by atoms with E-state index in [0.717, 1.165) is 16.6 Å². The number of amidine groups is 1. The van der Waals surface area contributed by atoms with Gasteiger partial charge in [0.1, 0.15) is 0 Å². The van der Waals surface area contributed by atoms with Crippen LogP contribution in [0.4, 0.5) is 10.1 Å². The molecule has 0 atom stereocenters. The third-order valence-electron chi connectivity index (χ3n) is 4.00. The van der Waals surface area contributed by atoms with Gasteiger partial charge < -0.3 is 10.1 Å². The van der Waals surface area contributed by atoms with Crippen molar-refractivity contribution in [3.05, 3.63) is 24.0 Å². The zero-order valence-electron chi connectivity index (χ0n) is 11.6. The summed E-state index contributed by atoms with van der Waals surface area (Å²) in [6.07, 6.45) is 6.24. The van der Waals surface area contributed by atoms with Gasteiger partial charge in [-0.15, -0.1) is 0 Å². The predicted octanol–water partition coefficient (Wildman–Crippen LogP) is 4.05. The average molecular weight is 294 g/mol. The van der Waals surface area contributed by atoms with E-state index in [-0.39, 0.29) is 17.1 Å². The van der Waals surface area contributed by atoms with Crippen molar-refractivity contribution in [2.24, 2.45) is 4.99 Å². The van der Waals surface area contributed by atoms with Crippen LogP contribution in [0.2, 0.25) is 0 Å². The molecule has 1 aliphatic heterocycles. The lowest BCUT2D eigenvalue weighted by Gasteiger charge is -2.29. The Morgan fingerprint density at radius 3 is 2.80 bits per heavy atom. The summed E-state index contributed by atoms with van der Waals surface area (Å²) in [4.78, 5) is 4.86. The molecule has 0 saturated heterocycles. The van der Waals surface area contributed by atoms with Gasteiger partial charge in [0.2, 0.25) is 0 Å². The normalized spacial score (nSPS) is 20.8. The van der Waals surface area contributed by atoms with Gasteiger partial charge in [0.15, 0.2) is 16.7 Å². The SMILES string of the molecule is COc1ccc(NC2=NC3(CCCCC3)CS2)cc1F. The molecule has 3 nitrogen and oxygen atoms in total. The van der Waals surface area contributed by atoms with Crippen molar-refractivity contribution < 1.29 is 9.13 Å². The van der Waals surface area contributed by atoms with Gasteiger partial charge >= 0.3 is 0 Å². The highest BCUT2D eigenvalue weighted by atomic mass is 32.2. The van der Waals surface area contributed by atoms with Crippen LogP contribution in [0.3, 0.4) is 0 Å². The maximum absolute atomic E-state index is 13.7. The highest BCUT2D eigenvalue weighted by Crippen LogP contribution is 2.40. The van der Waals surface area contributed by atoms with Crippen LogP contribution < -0.4 is 10.1 Å². The molecule has 108 valence electrons. The van der Waals surface area contributed by atoms with Crippen LogP contribution in [0.5, 0.6) is 5.75 Å². The molecule has 1 N–H and O–H groups in total. The summed E-state index contributed by atoms with van der Waals surface area (Å²) < 4.78 is 18.6. The molecule has 1 spiro atoms. The molecule has 1 saturated carbocycles. The molecular formula is C15H19FN2OS. The van der Waals surface area contributed by atoms with Gasteiger partial charge in [-0.05, 0) is 25.0 Å². The highest BCUT2D eigenvalue weighted by Gasteiger charge is 2.36. The van der Waals surface area contributed by atoms with Crippen LogP contribution in [0.25, 0.3) is 0 Å². The minimum atomic E-state index is -0.353. The maximum atomic E-state index is 13.7. The van der Waals surface area contributed by atoms with Gasteiger partial charge in [-0.2, -0.15) is 0 Å². The maximum Gasteiger partial charge on any atom is 0.167 e. The number of hydrogen-bond donors (Lipinski definition) is 1. The first kappa shape index (κ1) is 13.7. The molecule has 1 aromatic carbocycles. The number of thioether (sulfide) groups is 1. The van der Waals surface area contributed by atoms with Crippen LogP contribution in [-0.2, 0) is 0 Å². The quantitative estimate of drug-likeness (QED) is 0.893. The number of nitrogens with zero attached hydrogens (tertiary/aromatic N) is 1. The highest BCUT2D eigenvalue weighted by molar-refractivity contribution is 8.14. The molecule has 1 aromatic rings. The van der Waals surface area contributed by atoms with Crippen LogP contribution in [0.15, 0.2) is 23.2 Å². The first-order valence-electron chi connectivity index (χ1n) is 7.04. The number of anilines is 1. The van der Waals surface area contributed by atoms with E-state index in [4.69, 9.17) is 9.73 Å². The number of rotatable bonds is 2. The minimum Gasteiger partial charge on any atom is -0.494 e. The first-order chi connectivity index (χ1) is 9.71. The molecule has 5 heteroatoms. The topological polar surface area (TPSA) is 33.6 Å². The van der Waals surface area contributed by atoms with Crippen molar-refractivity contribution in [2.75, 3.05) is 18.2 Å². The Bertz CT molecular complexity index is 527. The molecule has 3 rings (SSSR count). The standard InChI is InChI=1S/C15H19FN2OS/c1-19-13-6-5-11(9-12(13)16)17-14-18-15(10-20-14)7-3-2-4-8-15/h5-6,9H,2-4,7-8,10H2,1H3,(H,17,18). The zero-order valence-corrected chi connectivity index (χ0v) is 12.4. The lowest BCUT2D eigenvalue weighted by molar-refractivity contribution is 0.335. The van der Waals surface area contributed by atoms with Gasteiger partial charge in [-0.25, -0.2) is 4.39 Å². The summed E-state index contributed by atoms with van der Waals surface area (Å²) in [5.74, 6) is 0.960. The fraction of sp³-hybridized carbons (Fsp3) is 0.533. The zero-order chi connectivity index (χ0) is 14.0. The van der Waals surface area contributed by atoms with Crippen molar-refractivity contribution in [1.82, 2.24) is 0 Å². The molecule has 1 fully saturated rings. The first-order valence-corrected chi connectivity index (χ1v) is 8.03. The molecule has 0 radical (unpaired) electrons. The lowest BCUT2D eigenvalue weighted by Crippen LogP contribution is -2.29. The van der Waals surface area contributed by atoms with E-state index in [9.17, 15) is 4.39 Å². The van der Waals surface area contributed by atoms with Crippen molar-refractivity contribution in [3.63, 3.8) is 0 Å². The Morgan fingerprint density at radius 2 is 2.10 bits per heavy atom. The van der Waals surface area contributed by atoms with E-state index >= 15 is 0 Å². The molecule has 0 aromatic heterocycles. The monoisotopic (exact) mass is 294 g/mol. The molecule has 1 heterocycles. The Hall–Kier alpha value is -1.23. The van der Waals surface area contributed by atoms with E-state index in [1.807, 2.05) is 6.07 Å². The minimum absolute atomic E-state index is 0.135. The summed E-state index contributed by atoms with van der Waals surface area (Å²) >= 11 is 1.74. The summed E-state index contributed by atoms with van der Waals surface area (Å²) in [7, 11) is 1.47. The predicted molar refractivity (Wildman–Crippen MR) is 82.3 cm³/mol. The molecular weight excluding hydrogens is 275 g/mol. The van der Waals surface area contributed by atoms with Crippen molar-refractivity contribution in [2.45, 2.75) is 37.6 Å². The fourth-order valence-corrected chi connectivity index (χ4v) is 4.09. The van der Waals surface area contributed by atoms with Crippen molar-refractivity contribution >= 4 is 22.6 Å². The number of ether oxygens (including phenoxy) is 1. The van der Waals surface area contributed by atoms with Crippen LogP contribution in [0.1, 0.15) is 32.1 Å². The Kier molecular flexibility index (Phi) is 3.87. The third kappa shape index (κ3) is 2.77. The summed E-state index contributed by atoms with van der Waals surface area (Å²) in [5, 5.41) is 4.14. The molecule has 2 aliphatic rings. The summed E-state index contributed by atoms with van der Waals surface area (Å²) in [6, 6.07) is 4.90. The summed E-state index contributed by atoms with van der Waals surface area (Å²) in [5.41, 5.74) is 0.860. The number of halogens is 1. The Balaban J connectivity index is 1.72. The van der Waals surface area contributed by atoms with Crippen molar-refractivity contribution in [1.29, 1.82) is 0 Å². The lowest BCUT2D eigenvalue weighted by atomic mass is 9.84. The van der Waals surface area contributed by atoms with E-state index < -0.39 is 0 Å². The van der Waals surface area contributed by atoms with E-state index in [2.05, 4.69) is 5.32 Å². The second-order valence-corrected chi connectivity index (χ2v) is 6.43. The molecule has 0 unspecified atom stereocenters. The van der Waals surface area contributed by atoms with Crippen molar-refractivity contribution in [3.8, 4) is 5.75 Å². The largest absolute Gasteiger partial charge is 0.494 e. The number of methoxy groups -OCH3 is 1. The summed E-state index contributed by atoms with van der Waals surface area (Å²) in [6.45, 7) is 0. The van der Waals surface area contributed by atoms with Crippen LogP contribution >= 0.6 is 11.8 Å². The Morgan fingerprint density at radius 1 is 1.30 bits per heavy atom. The molecule has 20 heavy (non-hydrogen) atoms. The second-order valence-electron chi connectivity index (χ2n) is 5.46. The van der Waals surface area contributed by atoms with Gasteiger partial charge in [0.05, 0.1) is 12.6 Å². The third-order valence-corrected chi connectivity index (χ3v) is 5.15. The molecule has 1 aliphatic carbocycles. The second kappa shape index (κ2) is 5.64. The Labute approximate surface area is 123 Å². The van der Waals surface area contributed by atoms with E-state index in [1.165, 1.54) is 45.3 Å². The van der Waals surface area contributed by atoms with Gasteiger partial charge in [0, 0.05) is 17.5 Å². The average Bonchev–Trinajstić information content (AvgIpc) is 2.82. The van der Waals surface area contributed by atoms with Gasteiger partial charge in [-0.3, -0.25) is 4.99 Å². The smallest absolute Gasteiger partial charge is 0.167 e. The van der Waals surface area contributed by atoms with Crippen LogP contribution in [-0.4, -0.2) is 23.6 Å². The van der Waals surface area contributed by atoms with E-state index in [0.29, 0.717) is 0 Å². The van der Waals surface area contributed by atoms with Gasteiger partial charge in [0.25, 0.3) is 0 Å².